The van der Waals surface area contributed by atoms with Crippen molar-refractivity contribution in [3.05, 3.63) is 47.8 Å². The van der Waals surface area contributed by atoms with Crippen LogP contribution in [0.2, 0.25) is 0 Å². The topological polar surface area (TPSA) is 86.9 Å². The minimum Gasteiger partial charge on any atom is -0.479 e. The van der Waals surface area contributed by atoms with Crippen LogP contribution in [-0.2, 0) is 20.9 Å². The maximum atomic E-state index is 14.7. The molecule has 2 heterocycles. The molecule has 0 aliphatic carbocycles. The molecule has 1 atom stereocenters. The Morgan fingerprint density at radius 2 is 1.95 bits per heavy atom. The molecule has 8 nitrogen and oxygen atoms in total. The summed E-state index contributed by atoms with van der Waals surface area (Å²) < 4.78 is 36.1. The van der Waals surface area contributed by atoms with Gasteiger partial charge in [0.05, 0.1) is 6.61 Å². The highest BCUT2D eigenvalue weighted by Gasteiger charge is 2.22. The van der Waals surface area contributed by atoms with Crippen LogP contribution in [0.1, 0.15) is 52.5 Å². The van der Waals surface area contributed by atoms with Crippen molar-refractivity contribution >= 4 is 11.7 Å². The van der Waals surface area contributed by atoms with E-state index in [1.54, 1.807) is 33.9 Å². The van der Waals surface area contributed by atoms with Crippen LogP contribution in [0.4, 0.5) is 10.1 Å². The molecule has 0 bridgehead atoms. The number of benzene rings is 2. The lowest BCUT2D eigenvalue weighted by molar-refractivity contribution is -0.157. The van der Waals surface area contributed by atoms with Crippen LogP contribution in [0.3, 0.4) is 0 Å². The van der Waals surface area contributed by atoms with Gasteiger partial charge in [0, 0.05) is 42.1 Å². The van der Waals surface area contributed by atoms with E-state index in [4.69, 9.17) is 18.7 Å². The Morgan fingerprint density at radius 3 is 2.65 bits per heavy atom. The molecule has 2 aromatic carbocycles. The number of methoxy groups -OCH3 is 1. The molecular weight excluding hydrogens is 477 g/mol. The van der Waals surface area contributed by atoms with Crippen molar-refractivity contribution < 1.29 is 27.9 Å². The summed E-state index contributed by atoms with van der Waals surface area (Å²) in [4.78, 5) is 18.8. The van der Waals surface area contributed by atoms with Crippen molar-refractivity contribution in [3.63, 3.8) is 0 Å². The van der Waals surface area contributed by atoms with Gasteiger partial charge in [0.2, 0.25) is 5.82 Å². The smallest absolute Gasteiger partial charge is 0.344 e. The molecule has 1 fully saturated rings. The molecule has 0 saturated carbocycles. The largest absolute Gasteiger partial charge is 0.479 e. The lowest BCUT2D eigenvalue weighted by atomic mass is 10.00. The van der Waals surface area contributed by atoms with Gasteiger partial charge in [-0.05, 0) is 83.4 Å². The summed E-state index contributed by atoms with van der Waals surface area (Å²) in [7, 11) is 1.68. The van der Waals surface area contributed by atoms with E-state index in [9.17, 15) is 9.18 Å². The molecule has 9 heteroatoms. The van der Waals surface area contributed by atoms with E-state index in [-0.39, 0.29) is 11.6 Å². The zero-order valence-corrected chi connectivity index (χ0v) is 22.0. The summed E-state index contributed by atoms with van der Waals surface area (Å²) in [6, 6.07) is 10.8. The molecule has 0 spiro atoms. The molecule has 1 unspecified atom stereocenters. The number of esters is 1. The fourth-order valence-corrected chi connectivity index (χ4v) is 4.45. The van der Waals surface area contributed by atoms with E-state index in [1.165, 1.54) is 31.4 Å². The average molecular weight is 512 g/mol. The first-order valence-electron chi connectivity index (χ1n) is 12.5. The van der Waals surface area contributed by atoms with Crippen LogP contribution in [0.5, 0.6) is 5.75 Å². The second kappa shape index (κ2) is 11.3. The van der Waals surface area contributed by atoms with Gasteiger partial charge in [-0.1, -0.05) is 5.16 Å². The molecule has 1 aliphatic heterocycles. The Hall–Kier alpha value is -3.46. The minimum atomic E-state index is -0.644. The molecular formula is C28H34FN3O5. The van der Waals surface area contributed by atoms with Crippen LogP contribution in [-0.4, -0.2) is 48.0 Å². The number of aromatic nitrogens is 2. The second-order valence-electron chi connectivity index (χ2n) is 10.3. The highest BCUT2D eigenvalue weighted by atomic mass is 19.1. The SMILES string of the molecule is COCc1cc(-c2nc(-c3ccc(OCC(=O)OC(C)(C)C)c(F)c3)no2)ccc1N1CCCCC1C. The fraction of sp³-hybridized carbons (Fsp3) is 0.464. The Kier molecular flexibility index (Phi) is 8.12. The summed E-state index contributed by atoms with van der Waals surface area (Å²) in [6.07, 6.45) is 3.59. The van der Waals surface area contributed by atoms with Gasteiger partial charge in [0.1, 0.15) is 5.60 Å². The number of nitrogens with zero attached hydrogens (tertiary/aromatic N) is 3. The maximum Gasteiger partial charge on any atom is 0.344 e. The van der Waals surface area contributed by atoms with Gasteiger partial charge in [-0.25, -0.2) is 9.18 Å². The molecule has 198 valence electrons. The number of rotatable bonds is 8. The first-order valence-corrected chi connectivity index (χ1v) is 12.5. The number of hydrogen-bond acceptors (Lipinski definition) is 8. The standard InChI is InChI=1S/C28H34FN3O5/c1-18-8-6-7-13-32(18)23-11-9-20(14-21(23)16-34-5)27-30-26(31-37-27)19-10-12-24(22(29)15-19)35-17-25(33)36-28(2,3)4/h9-12,14-15,18H,6-8,13,16-17H2,1-5H3. The Morgan fingerprint density at radius 1 is 1.16 bits per heavy atom. The zero-order valence-electron chi connectivity index (χ0n) is 22.0. The number of halogens is 1. The fourth-order valence-electron chi connectivity index (χ4n) is 4.45. The summed E-state index contributed by atoms with van der Waals surface area (Å²) in [5.41, 5.74) is 2.74. The number of piperidine rings is 1. The summed E-state index contributed by atoms with van der Waals surface area (Å²) in [5, 5.41) is 4.04. The first-order chi connectivity index (χ1) is 17.6. The van der Waals surface area contributed by atoms with E-state index in [1.807, 2.05) is 12.1 Å². The van der Waals surface area contributed by atoms with Crippen molar-refractivity contribution in [2.75, 3.05) is 25.2 Å². The summed E-state index contributed by atoms with van der Waals surface area (Å²) in [5.74, 6) is -0.710. The zero-order chi connectivity index (χ0) is 26.6. The van der Waals surface area contributed by atoms with Crippen LogP contribution in [0.15, 0.2) is 40.9 Å². The predicted octanol–water partition coefficient (Wildman–Crippen LogP) is 5.79. The van der Waals surface area contributed by atoms with Crippen LogP contribution < -0.4 is 9.64 Å². The third-order valence-corrected chi connectivity index (χ3v) is 6.12. The van der Waals surface area contributed by atoms with Crippen LogP contribution >= 0.6 is 0 Å². The molecule has 37 heavy (non-hydrogen) atoms. The summed E-state index contributed by atoms with van der Waals surface area (Å²) >= 11 is 0. The minimum absolute atomic E-state index is 0.0648. The molecule has 1 aromatic heterocycles. The van der Waals surface area contributed by atoms with Gasteiger partial charge in [-0.2, -0.15) is 4.98 Å². The maximum absolute atomic E-state index is 14.7. The number of hydrogen-bond donors (Lipinski definition) is 0. The van der Waals surface area contributed by atoms with E-state index >= 15 is 0 Å². The molecule has 1 saturated heterocycles. The highest BCUT2D eigenvalue weighted by Crippen LogP contribution is 2.33. The van der Waals surface area contributed by atoms with Crippen molar-refractivity contribution in [2.45, 2.75) is 65.2 Å². The van der Waals surface area contributed by atoms with Crippen molar-refractivity contribution in [3.8, 4) is 28.6 Å². The molecule has 4 rings (SSSR count). The lowest BCUT2D eigenvalue weighted by Gasteiger charge is -2.36. The van der Waals surface area contributed by atoms with Crippen LogP contribution in [0.25, 0.3) is 22.8 Å². The van der Waals surface area contributed by atoms with Crippen molar-refractivity contribution in [2.24, 2.45) is 0 Å². The predicted molar refractivity (Wildman–Crippen MR) is 138 cm³/mol. The number of carbonyl (C=O) groups excluding carboxylic acids is 1. The third kappa shape index (κ3) is 6.65. The van der Waals surface area contributed by atoms with Crippen LogP contribution in [0, 0.1) is 5.82 Å². The third-order valence-electron chi connectivity index (χ3n) is 6.12. The highest BCUT2D eigenvalue weighted by molar-refractivity contribution is 5.71. The monoisotopic (exact) mass is 511 g/mol. The summed E-state index contributed by atoms with van der Waals surface area (Å²) in [6.45, 7) is 8.59. The molecule has 3 aromatic rings. The van der Waals surface area contributed by atoms with Gasteiger partial charge in [-0.15, -0.1) is 0 Å². The molecule has 0 amide bonds. The quantitative estimate of drug-likeness (QED) is 0.351. The van der Waals surface area contributed by atoms with E-state index in [0.29, 0.717) is 24.1 Å². The first kappa shape index (κ1) is 26.6. The lowest BCUT2D eigenvalue weighted by Crippen LogP contribution is -2.38. The number of carbonyl (C=O) groups is 1. The van der Waals surface area contributed by atoms with E-state index in [2.05, 4.69) is 28.0 Å². The van der Waals surface area contributed by atoms with E-state index in [0.717, 1.165) is 23.4 Å². The normalized spacial score (nSPS) is 16.1. The molecule has 0 N–H and O–H groups in total. The molecule has 0 radical (unpaired) electrons. The molecule has 1 aliphatic rings. The second-order valence-corrected chi connectivity index (χ2v) is 10.3. The van der Waals surface area contributed by atoms with Gasteiger partial charge >= 0.3 is 5.97 Å². The number of anilines is 1. The van der Waals surface area contributed by atoms with Gasteiger partial charge < -0.3 is 23.6 Å². The van der Waals surface area contributed by atoms with Crippen molar-refractivity contribution in [1.82, 2.24) is 10.1 Å². The Labute approximate surface area is 216 Å². The Bertz CT molecular complexity index is 1240. The van der Waals surface area contributed by atoms with Gasteiger partial charge in [0.25, 0.3) is 5.89 Å². The van der Waals surface area contributed by atoms with E-state index < -0.39 is 24.0 Å². The van der Waals surface area contributed by atoms with Crippen molar-refractivity contribution in [1.29, 1.82) is 0 Å². The van der Waals surface area contributed by atoms with Gasteiger partial charge in [-0.3, -0.25) is 0 Å². The van der Waals surface area contributed by atoms with Gasteiger partial charge in [0.15, 0.2) is 18.2 Å². The average Bonchev–Trinajstić information content (AvgIpc) is 3.33. The number of ether oxygens (including phenoxy) is 3. The Balaban J connectivity index is 1.50.